The smallest absolute Gasteiger partial charge is 0.0575 e. The van der Waals surface area contributed by atoms with E-state index in [9.17, 15) is 0 Å². The molecule has 0 saturated heterocycles. The summed E-state index contributed by atoms with van der Waals surface area (Å²) >= 11 is 6.11. The molecule has 1 nitrogen and oxygen atoms in total. The Morgan fingerprint density at radius 2 is 1.56 bits per heavy atom. The van der Waals surface area contributed by atoms with Crippen molar-refractivity contribution in [2.75, 3.05) is 6.61 Å². The molecule has 0 aromatic carbocycles. The van der Waals surface area contributed by atoms with Gasteiger partial charge in [0.1, 0.15) is 0 Å². The summed E-state index contributed by atoms with van der Waals surface area (Å²) in [5, 5.41) is 0.437. The van der Waals surface area contributed by atoms with E-state index in [1.54, 1.807) is 0 Å². The number of hydrogen-bond donors (Lipinski definition) is 0. The van der Waals surface area contributed by atoms with Gasteiger partial charge < -0.3 is 4.74 Å². The zero-order chi connectivity index (χ0) is 11.4. The van der Waals surface area contributed by atoms with Gasteiger partial charge in [-0.05, 0) is 63.2 Å². The van der Waals surface area contributed by atoms with Crippen LogP contribution in [-0.2, 0) is 4.74 Å². The molecular weight excluding hydrogens is 220 g/mol. The summed E-state index contributed by atoms with van der Waals surface area (Å²) in [7, 11) is 0. The third kappa shape index (κ3) is 3.92. The maximum atomic E-state index is 6.11. The van der Waals surface area contributed by atoms with Crippen molar-refractivity contribution in [3.05, 3.63) is 0 Å². The first kappa shape index (κ1) is 12.7. The number of hydrogen-bond acceptors (Lipinski definition) is 1. The van der Waals surface area contributed by atoms with Crippen LogP contribution in [0.3, 0.4) is 0 Å². The molecule has 2 heteroatoms. The summed E-state index contributed by atoms with van der Waals surface area (Å²) in [6.07, 6.45) is 10.8. The molecular formula is C14H25ClO. The molecule has 0 radical (unpaired) electrons. The van der Waals surface area contributed by atoms with Crippen LogP contribution in [0.4, 0.5) is 0 Å². The topological polar surface area (TPSA) is 9.23 Å². The van der Waals surface area contributed by atoms with E-state index in [0.29, 0.717) is 11.5 Å². The molecule has 0 aromatic rings. The van der Waals surface area contributed by atoms with Gasteiger partial charge in [0.25, 0.3) is 0 Å². The normalized spacial score (nSPS) is 40.9. The molecule has 2 aliphatic rings. The lowest BCUT2D eigenvalue weighted by atomic mass is 9.88. The second kappa shape index (κ2) is 6.26. The van der Waals surface area contributed by atoms with Crippen LogP contribution in [0.25, 0.3) is 0 Å². The highest BCUT2D eigenvalue weighted by atomic mass is 35.5. The van der Waals surface area contributed by atoms with Gasteiger partial charge in [0.05, 0.1) is 6.10 Å². The van der Waals surface area contributed by atoms with E-state index < -0.39 is 0 Å². The minimum Gasteiger partial charge on any atom is -0.378 e. The SMILES string of the molecule is CC1CCC(OCC2CCC(Cl)CC2)CC1. The maximum Gasteiger partial charge on any atom is 0.0575 e. The molecule has 2 fully saturated rings. The molecule has 2 rings (SSSR count). The number of alkyl halides is 1. The summed E-state index contributed by atoms with van der Waals surface area (Å²) in [6, 6.07) is 0. The summed E-state index contributed by atoms with van der Waals surface area (Å²) < 4.78 is 6.06. The van der Waals surface area contributed by atoms with E-state index >= 15 is 0 Å². The monoisotopic (exact) mass is 244 g/mol. The van der Waals surface area contributed by atoms with Crippen molar-refractivity contribution in [3.63, 3.8) is 0 Å². The fourth-order valence-electron chi connectivity index (χ4n) is 2.96. The second-order valence-electron chi connectivity index (χ2n) is 5.83. The average molecular weight is 245 g/mol. The lowest BCUT2D eigenvalue weighted by Crippen LogP contribution is -2.25. The van der Waals surface area contributed by atoms with Gasteiger partial charge in [-0.25, -0.2) is 0 Å². The molecule has 2 saturated carbocycles. The molecule has 0 bridgehead atoms. The Hall–Kier alpha value is 0.250. The largest absolute Gasteiger partial charge is 0.378 e. The van der Waals surface area contributed by atoms with Crippen molar-refractivity contribution in [1.82, 2.24) is 0 Å². The molecule has 0 aliphatic heterocycles. The molecule has 94 valence electrons. The van der Waals surface area contributed by atoms with Crippen LogP contribution in [0.5, 0.6) is 0 Å². The van der Waals surface area contributed by atoms with Crippen molar-refractivity contribution in [3.8, 4) is 0 Å². The van der Waals surface area contributed by atoms with Crippen LogP contribution in [0.2, 0.25) is 0 Å². The highest BCUT2D eigenvalue weighted by Crippen LogP contribution is 2.30. The van der Waals surface area contributed by atoms with Crippen LogP contribution in [0, 0.1) is 11.8 Å². The highest BCUT2D eigenvalue weighted by Gasteiger charge is 2.23. The van der Waals surface area contributed by atoms with Gasteiger partial charge in [0.2, 0.25) is 0 Å². The van der Waals surface area contributed by atoms with Crippen molar-refractivity contribution in [1.29, 1.82) is 0 Å². The van der Waals surface area contributed by atoms with Crippen LogP contribution >= 0.6 is 11.6 Å². The molecule has 0 atom stereocenters. The van der Waals surface area contributed by atoms with Crippen molar-refractivity contribution >= 4 is 11.6 Å². The van der Waals surface area contributed by atoms with Gasteiger partial charge in [-0.3, -0.25) is 0 Å². The molecule has 2 aliphatic carbocycles. The summed E-state index contributed by atoms with van der Waals surface area (Å²) in [5.74, 6) is 1.71. The van der Waals surface area contributed by atoms with Crippen LogP contribution in [0.1, 0.15) is 58.3 Å². The van der Waals surface area contributed by atoms with Gasteiger partial charge in [-0.15, -0.1) is 11.6 Å². The lowest BCUT2D eigenvalue weighted by molar-refractivity contribution is -0.00526. The van der Waals surface area contributed by atoms with Gasteiger partial charge in [-0.2, -0.15) is 0 Å². The first-order valence-corrected chi connectivity index (χ1v) is 7.43. The fourth-order valence-corrected chi connectivity index (χ4v) is 3.21. The van der Waals surface area contributed by atoms with Crippen molar-refractivity contribution in [2.45, 2.75) is 69.8 Å². The second-order valence-corrected chi connectivity index (χ2v) is 6.45. The predicted octanol–water partition coefficient (Wildman–Crippen LogP) is 4.38. The lowest BCUT2D eigenvalue weighted by Gasteiger charge is -2.30. The minimum absolute atomic E-state index is 0.437. The predicted molar refractivity (Wildman–Crippen MR) is 69.0 cm³/mol. The van der Waals surface area contributed by atoms with E-state index in [1.165, 1.54) is 51.4 Å². The van der Waals surface area contributed by atoms with E-state index in [4.69, 9.17) is 16.3 Å². The van der Waals surface area contributed by atoms with Gasteiger partial charge in [0.15, 0.2) is 0 Å². The quantitative estimate of drug-likeness (QED) is 0.670. The zero-order valence-electron chi connectivity index (χ0n) is 10.5. The Morgan fingerprint density at radius 3 is 2.19 bits per heavy atom. The van der Waals surface area contributed by atoms with Crippen LogP contribution in [0.15, 0.2) is 0 Å². The van der Waals surface area contributed by atoms with Crippen molar-refractivity contribution < 1.29 is 4.74 Å². The standard InChI is InChI=1S/C14H25ClO/c1-11-2-8-14(9-3-11)16-10-12-4-6-13(15)7-5-12/h11-14H,2-10H2,1H3. The first-order valence-electron chi connectivity index (χ1n) is 6.99. The Labute approximate surface area is 105 Å². The zero-order valence-corrected chi connectivity index (χ0v) is 11.2. The summed E-state index contributed by atoms with van der Waals surface area (Å²) in [5.41, 5.74) is 0. The molecule has 16 heavy (non-hydrogen) atoms. The Morgan fingerprint density at radius 1 is 0.938 bits per heavy atom. The van der Waals surface area contributed by atoms with E-state index in [2.05, 4.69) is 6.92 Å². The maximum absolute atomic E-state index is 6.11. The van der Waals surface area contributed by atoms with Crippen LogP contribution in [-0.4, -0.2) is 18.1 Å². The molecule has 0 amide bonds. The molecule has 0 spiro atoms. The Balaban J connectivity index is 1.60. The number of rotatable bonds is 3. The third-order valence-corrected chi connectivity index (χ3v) is 4.74. The molecule has 0 heterocycles. The van der Waals surface area contributed by atoms with Crippen molar-refractivity contribution in [2.24, 2.45) is 11.8 Å². The summed E-state index contributed by atoms with van der Waals surface area (Å²) in [4.78, 5) is 0. The third-order valence-electron chi connectivity index (χ3n) is 4.31. The minimum atomic E-state index is 0.437. The fraction of sp³-hybridized carbons (Fsp3) is 1.00. The average Bonchev–Trinajstić information content (AvgIpc) is 2.30. The number of ether oxygens (including phenoxy) is 1. The molecule has 0 N–H and O–H groups in total. The number of halogens is 1. The van der Waals surface area contributed by atoms with E-state index in [1.807, 2.05) is 0 Å². The highest BCUT2D eigenvalue weighted by molar-refractivity contribution is 6.20. The van der Waals surface area contributed by atoms with Crippen LogP contribution < -0.4 is 0 Å². The van der Waals surface area contributed by atoms with E-state index in [0.717, 1.165) is 18.4 Å². The Bertz CT molecular complexity index is 169. The van der Waals surface area contributed by atoms with Gasteiger partial charge >= 0.3 is 0 Å². The first-order chi connectivity index (χ1) is 7.74. The molecule has 0 aromatic heterocycles. The van der Waals surface area contributed by atoms with E-state index in [-0.39, 0.29) is 0 Å². The van der Waals surface area contributed by atoms with Gasteiger partial charge in [-0.1, -0.05) is 6.92 Å². The Kier molecular flexibility index (Phi) is 4.97. The summed E-state index contributed by atoms with van der Waals surface area (Å²) in [6.45, 7) is 3.35. The molecule has 0 unspecified atom stereocenters. The van der Waals surface area contributed by atoms with Gasteiger partial charge in [0, 0.05) is 12.0 Å².